The van der Waals surface area contributed by atoms with Crippen LogP contribution in [0.25, 0.3) is 0 Å². The molecule has 0 atom stereocenters. The van der Waals surface area contributed by atoms with Crippen LogP contribution in [-0.4, -0.2) is 17.7 Å². The zero-order valence-electron chi connectivity index (χ0n) is 11.2. The van der Waals surface area contributed by atoms with Crippen molar-refractivity contribution < 1.29 is 9.53 Å². The van der Waals surface area contributed by atoms with Crippen LogP contribution in [0, 0.1) is 6.92 Å². The first-order valence-corrected chi connectivity index (χ1v) is 6.85. The van der Waals surface area contributed by atoms with E-state index in [9.17, 15) is 4.79 Å². The maximum absolute atomic E-state index is 11.7. The SMILES string of the molecule is Cc1ccnc(NC(=O)NCOc2ccc(Cl)cc2Cl)c1. The number of benzene rings is 1. The average molecular weight is 326 g/mol. The molecule has 0 aliphatic carbocycles. The van der Waals surface area contributed by atoms with E-state index in [0.717, 1.165) is 5.56 Å². The number of urea groups is 1. The Bertz CT molecular complexity index is 650. The van der Waals surface area contributed by atoms with Gasteiger partial charge in [0.2, 0.25) is 0 Å². The van der Waals surface area contributed by atoms with Gasteiger partial charge in [0.15, 0.2) is 6.73 Å². The van der Waals surface area contributed by atoms with Crippen LogP contribution in [0.15, 0.2) is 36.5 Å². The summed E-state index contributed by atoms with van der Waals surface area (Å²) in [4.78, 5) is 15.7. The zero-order valence-corrected chi connectivity index (χ0v) is 12.7. The molecule has 0 spiro atoms. The summed E-state index contributed by atoms with van der Waals surface area (Å²) in [5.41, 5.74) is 1.00. The van der Waals surface area contributed by atoms with Crippen LogP contribution in [0.4, 0.5) is 10.6 Å². The molecule has 2 N–H and O–H groups in total. The molecule has 2 aromatic rings. The van der Waals surface area contributed by atoms with E-state index in [2.05, 4.69) is 15.6 Å². The first kappa shape index (κ1) is 15.4. The smallest absolute Gasteiger partial charge is 0.323 e. The fourth-order valence-corrected chi connectivity index (χ4v) is 2.00. The number of hydrogen-bond donors (Lipinski definition) is 2. The Labute approximate surface area is 132 Å². The average Bonchev–Trinajstić information content (AvgIpc) is 2.41. The Morgan fingerprint density at radius 1 is 1.29 bits per heavy atom. The molecule has 0 saturated carbocycles. The number of aromatic nitrogens is 1. The Morgan fingerprint density at radius 2 is 2.10 bits per heavy atom. The van der Waals surface area contributed by atoms with Crippen LogP contribution >= 0.6 is 23.2 Å². The second kappa shape index (κ2) is 7.15. The second-order valence-electron chi connectivity index (χ2n) is 4.21. The van der Waals surface area contributed by atoms with E-state index in [0.29, 0.717) is 21.6 Å². The monoisotopic (exact) mass is 325 g/mol. The van der Waals surface area contributed by atoms with Crippen LogP contribution in [-0.2, 0) is 0 Å². The molecule has 1 aromatic heterocycles. The Kier molecular flexibility index (Phi) is 5.25. The maximum atomic E-state index is 11.7. The van der Waals surface area contributed by atoms with Crippen molar-refractivity contribution in [3.8, 4) is 5.75 Å². The van der Waals surface area contributed by atoms with E-state index in [1.54, 1.807) is 30.5 Å². The standard InChI is InChI=1S/C14H13Cl2N3O2/c1-9-4-5-17-13(6-9)19-14(20)18-8-21-12-3-2-10(15)7-11(12)16/h2-7H,8H2,1H3,(H2,17,18,19,20). The number of nitrogens with one attached hydrogen (secondary N) is 2. The minimum Gasteiger partial charge on any atom is -0.472 e. The molecule has 0 saturated heterocycles. The number of anilines is 1. The highest BCUT2D eigenvalue weighted by atomic mass is 35.5. The fraction of sp³-hybridized carbons (Fsp3) is 0.143. The third kappa shape index (κ3) is 4.81. The van der Waals surface area contributed by atoms with Crippen molar-refractivity contribution in [1.29, 1.82) is 0 Å². The van der Waals surface area contributed by atoms with Crippen molar-refractivity contribution in [2.45, 2.75) is 6.92 Å². The van der Waals surface area contributed by atoms with Gasteiger partial charge < -0.3 is 10.1 Å². The van der Waals surface area contributed by atoms with Crippen molar-refractivity contribution in [2.75, 3.05) is 12.0 Å². The summed E-state index contributed by atoms with van der Waals surface area (Å²) in [6.45, 7) is 1.88. The molecule has 0 bridgehead atoms. The van der Waals surface area contributed by atoms with Gasteiger partial charge in [0.25, 0.3) is 0 Å². The van der Waals surface area contributed by atoms with Gasteiger partial charge in [0.05, 0.1) is 5.02 Å². The lowest BCUT2D eigenvalue weighted by molar-refractivity contribution is 0.234. The number of carbonyl (C=O) groups excluding carboxylic acids is 1. The zero-order chi connectivity index (χ0) is 15.2. The number of nitrogens with zero attached hydrogens (tertiary/aromatic N) is 1. The first-order chi connectivity index (χ1) is 10.0. The number of carbonyl (C=O) groups is 1. The molecule has 21 heavy (non-hydrogen) atoms. The van der Waals surface area contributed by atoms with Gasteiger partial charge in [0.1, 0.15) is 11.6 Å². The third-order valence-electron chi connectivity index (χ3n) is 2.51. The fourth-order valence-electron chi connectivity index (χ4n) is 1.54. The summed E-state index contributed by atoms with van der Waals surface area (Å²) in [7, 11) is 0. The normalized spacial score (nSPS) is 10.0. The molecule has 7 heteroatoms. The van der Waals surface area contributed by atoms with Gasteiger partial charge in [-0.25, -0.2) is 9.78 Å². The Balaban J connectivity index is 1.81. The Morgan fingerprint density at radius 3 is 2.81 bits per heavy atom. The van der Waals surface area contributed by atoms with Gasteiger partial charge in [-0.05, 0) is 42.8 Å². The molecule has 0 aliphatic rings. The maximum Gasteiger partial charge on any atom is 0.323 e. The number of hydrogen-bond acceptors (Lipinski definition) is 3. The Hall–Kier alpha value is -1.98. The number of rotatable bonds is 4. The van der Waals surface area contributed by atoms with Gasteiger partial charge in [0, 0.05) is 11.2 Å². The van der Waals surface area contributed by atoms with E-state index in [4.69, 9.17) is 27.9 Å². The first-order valence-electron chi connectivity index (χ1n) is 6.10. The number of amides is 2. The minimum atomic E-state index is -0.418. The lowest BCUT2D eigenvalue weighted by Gasteiger charge is -2.10. The molecule has 5 nitrogen and oxygen atoms in total. The molecule has 0 radical (unpaired) electrons. The van der Waals surface area contributed by atoms with Crippen LogP contribution in [0.3, 0.4) is 0 Å². The predicted octanol–water partition coefficient (Wildman–Crippen LogP) is 3.85. The van der Waals surface area contributed by atoms with Crippen molar-refractivity contribution in [2.24, 2.45) is 0 Å². The summed E-state index contributed by atoms with van der Waals surface area (Å²) < 4.78 is 5.34. The number of halogens is 2. The van der Waals surface area contributed by atoms with Gasteiger partial charge in [-0.3, -0.25) is 5.32 Å². The van der Waals surface area contributed by atoms with Gasteiger partial charge in [-0.1, -0.05) is 23.2 Å². The molecule has 0 aliphatic heterocycles. The van der Waals surface area contributed by atoms with E-state index in [1.807, 2.05) is 13.0 Å². The molecule has 0 fully saturated rings. The number of ether oxygens (including phenoxy) is 1. The van der Waals surface area contributed by atoms with Crippen molar-refractivity contribution in [3.63, 3.8) is 0 Å². The quantitative estimate of drug-likeness (QED) is 0.839. The van der Waals surface area contributed by atoms with Gasteiger partial charge >= 0.3 is 6.03 Å². The highest BCUT2D eigenvalue weighted by Gasteiger charge is 2.05. The number of aryl methyl sites for hydroxylation is 1. The topological polar surface area (TPSA) is 63.2 Å². The summed E-state index contributed by atoms with van der Waals surface area (Å²) in [5.74, 6) is 0.909. The lowest BCUT2D eigenvalue weighted by Crippen LogP contribution is -2.32. The van der Waals surface area contributed by atoms with Crippen molar-refractivity contribution in [3.05, 3.63) is 52.1 Å². The highest BCUT2D eigenvalue weighted by molar-refractivity contribution is 6.35. The van der Waals surface area contributed by atoms with E-state index in [-0.39, 0.29) is 6.73 Å². The molecule has 2 rings (SSSR count). The lowest BCUT2D eigenvalue weighted by atomic mass is 10.3. The molecule has 110 valence electrons. The van der Waals surface area contributed by atoms with Gasteiger partial charge in [-0.2, -0.15) is 0 Å². The molecule has 2 amide bonds. The van der Waals surface area contributed by atoms with Crippen LogP contribution in [0.2, 0.25) is 10.0 Å². The van der Waals surface area contributed by atoms with E-state index in [1.165, 1.54) is 0 Å². The summed E-state index contributed by atoms with van der Waals surface area (Å²) in [5, 5.41) is 6.03. The largest absolute Gasteiger partial charge is 0.472 e. The third-order valence-corrected chi connectivity index (χ3v) is 3.04. The molecular formula is C14H13Cl2N3O2. The summed E-state index contributed by atoms with van der Waals surface area (Å²) in [6.07, 6.45) is 1.62. The van der Waals surface area contributed by atoms with Crippen LogP contribution < -0.4 is 15.4 Å². The highest BCUT2D eigenvalue weighted by Crippen LogP contribution is 2.27. The molecule has 1 heterocycles. The molecule has 0 unspecified atom stereocenters. The van der Waals surface area contributed by atoms with E-state index < -0.39 is 6.03 Å². The van der Waals surface area contributed by atoms with E-state index >= 15 is 0 Å². The minimum absolute atomic E-state index is 0.0288. The molecular weight excluding hydrogens is 313 g/mol. The predicted molar refractivity (Wildman–Crippen MR) is 83.1 cm³/mol. The van der Waals surface area contributed by atoms with Crippen molar-refractivity contribution in [1.82, 2.24) is 10.3 Å². The summed E-state index contributed by atoms with van der Waals surface area (Å²) in [6, 6.07) is 8.03. The number of pyridine rings is 1. The van der Waals surface area contributed by atoms with Gasteiger partial charge in [-0.15, -0.1) is 0 Å². The second-order valence-corrected chi connectivity index (χ2v) is 5.06. The summed E-state index contributed by atoms with van der Waals surface area (Å²) >= 11 is 11.7. The van der Waals surface area contributed by atoms with Crippen LogP contribution in [0.5, 0.6) is 5.75 Å². The van der Waals surface area contributed by atoms with Crippen molar-refractivity contribution >= 4 is 35.1 Å². The van der Waals surface area contributed by atoms with Crippen LogP contribution in [0.1, 0.15) is 5.56 Å². The molecule has 1 aromatic carbocycles.